The van der Waals surface area contributed by atoms with Crippen molar-refractivity contribution in [3.05, 3.63) is 11.6 Å². The molecule has 0 amide bonds. The van der Waals surface area contributed by atoms with Crippen molar-refractivity contribution in [3.8, 4) is 0 Å². The van der Waals surface area contributed by atoms with E-state index in [1.807, 2.05) is 0 Å². The first-order valence-electron chi connectivity index (χ1n) is 13.3. The Bertz CT molecular complexity index is 818. The van der Waals surface area contributed by atoms with Crippen LogP contribution in [0.1, 0.15) is 105 Å². The second kappa shape index (κ2) is 9.00. The fourth-order valence-electron chi connectivity index (χ4n) is 8.91. The van der Waals surface area contributed by atoms with Crippen molar-refractivity contribution in [2.24, 2.45) is 46.3 Å². The normalized spacial score (nSPS) is 42.7. The van der Waals surface area contributed by atoms with Gasteiger partial charge in [-0.25, -0.2) is 4.18 Å². The lowest BCUT2D eigenvalue weighted by Gasteiger charge is -2.58. The molecule has 1 unspecified atom stereocenters. The van der Waals surface area contributed by atoms with Gasteiger partial charge in [-0.1, -0.05) is 65.5 Å². The molecule has 4 nitrogen and oxygen atoms in total. The first-order valence-corrected chi connectivity index (χ1v) is 14.7. The van der Waals surface area contributed by atoms with E-state index in [-0.39, 0.29) is 5.41 Å². The van der Waals surface area contributed by atoms with Crippen molar-refractivity contribution < 1.29 is 17.2 Å². The van der Waals surface area contributed by atoms with Crippen LogP contribution < -0.4 is 0 Å². The van der Waals surface area contributed by atoms with Crippen LogP contribution in [-0.4, -0.2) is 19.1 Å². The zero-order valence-electron chi connectivity index (χ0n) is 21.0. The second-order valence-corrected chi connectivity index (χ2v) is 13.7. The summed E-state index contributed by atoms with van der Waals surface area (Å²) in [6.07, 6.45) is 15.1. The molecule has 0 heterocycles. The van der Waals surface area contributed by atoms with Gasteiger partial charge < -0.3 is 0 Å². The van der Waals surface area contributed by atoms with Gasteiger partial charge in [0.1, 0.15) is 0 Å². The lowest BCUT2D eigenvalue weighted by Crippen LogP contribution is -2.51. The molecule has 4 aliphatic carbocycles. The SMILES string of the molecule is CC(C)CCC[C@@H](C)C1CC[C@H]2[C@@H]3CC=C4C[C@H](OS(=O)(=O)O)CC[C@]4(C)[C@H]3CC[C@]12C. The highest BCUT2D eigenvalue weighted by atomic mass is 32.3. The van der Waals surface area contributed by atoms with E-state index in [4.69, 9.17) is 8.74 Å². The zero-order chi connectivity index (χ0) is 23.3. The summed E-state index contributed by atoms with van der Waals surface area (Å²) in [4.78, 5) is 0. The monoisotopic (exact) mass is 466 g/mol. The minimum Gasteiger partial charge on any atom is -0.264 e. The van der Waals surface area contributed by atoms with Crippen LogP contribution in [0.5, 0.6) is 0 Å². The highest BCUT2D eigenvalue weighted by Crippen LogP contribution is 2.67. The van der Waals surface area contributed by atoms with Crippen molar-refractivity contribution in [3.63, 3.8) is 0 Å². The molecule has 8 atom stereocenters. The van der Waals surface area contributed by atoms with E-state index in [0.717, 1.165) is 42.4 Å². The van der Waals surface area contributed by atoms with Gasteiger partial charge in [-0.3, -0.25) is 4.55 Å². The molecule has 1 N–H and O–H groups in total. The average molecular weight is 467 g/mol. The Labute approximate surface area is 196 Å². The molecule has 0 aromatic heterocycles. The fraction of sp³-hybridized carbons (Fsp3) is 0.926. The van der Waals surface area contributed by atoms with E-state index < -0.39 is 16.5 Å². The topological polar surface area (TPSA) is 63.6 Å². The van der Waals surface area contributed by atoms with Gasteiger partial charge in [-0.15, -0.1) is 0 Å². The van der Waals surface area contributed by atoms with Crippen LogP contribution in [-0.2, 0) is 14.6 Å². The molecule has 3 fully saturated rings. The first-order chi connectivity index (χ1) is 14.9. The predicted molar refractivity (Wildman–Crippen MR) is 129 cm³/mol. The maximum absolute atomic E-state index is 11.2. The molecular formula is C27H46O4S. The lowest BCUT2D eigenvalue weighted by atomic mass is 9.47. The van der Waals surface area contributed by atoms with Gasteiger partial charge in [0.2, 0.25) is 0 Å². The summed E-state index contributed by atoms with van der Waals surface area (Å²) in [5, 5.41) is 0. The summed E-state index contributed by atoms with van der Waals surface area (Å²) in [6, 6.07) is 0. The maximum Gasteiger partial charge on any atom is 0.397 e. The van der Waals surface area contributed by atoms with Crippen molar-refractivity contribution in [2.45, 2.75) is 111 Å². The number of rotatable bonds is 7. The number of hydrogen-bond donors (Lipinski definition) is 1. The zero-order valence-corrected chi connectivity index (χ0v) is 21.8. The Morgan fingerprint density at radius 1 is 1.06 bits per heavy atom. The van der Waals surface area contributed by atoms with E-state index in [1.54, 1.807) is 0 Å². The van der Waals surface area contributed by atoms with E-state index >= 15 is 0 Å². The van der Waals surface area contributed by atoms with E-state index in [2.05, 4.69) is 40.7 Å². The molecule has 0 saturated heterocycles. The molecule has 4 rings (SSSR count). The van der Waals surface area contributed by atoms with Gasteiger partial charge in [0.25, 0.3) is 0 Å². The second-order valence-electron chi connectivity index (χ2n) is 12.7. The number of fused-ring (bicyclic) bond motifs is 5. The van der Waals surface area contributed by atoms with E-state index in [0.29, 0.717) is 24.2 Å². The third kappa shape index (κ3) is 4.60. The van der Waals surface area contributed by atoms with Crippen LogP contribution in [0.15, 0.2) is 11.6 Å². The largest absolute Gasteiger partial charge is 0.397 e. The molecule has 3 saturated carbocycles. The highest BCUT2D eigenvalue weighted by molar-refractivity contribution is 7.80. The van der Waals surface area contributed by atoms with Crippen LogP contribution in [0.25, 0.3) is 0 Å². The maximum atomic E-state index is 11.2. The highest BCUT2D eigenvalue weighted by Gasteiger charge is 2.59. The lowest BCUT2D eigenvalue weighted by molar-refractivity contribution is -0.0560. The molecule has 0 bridgehead atoms. The van der Waals surface area contributed by atoms with Crippen molar-refractivity contribution >= 4 is 10.4 Å². The smallest absolute Gasteiger partial charge is 0.264 e. The van der Waals surface area contributed by atoms with Gasteiger partial charge in [0.15, 0.2) is 0 Å². The Balaban J connectivity index is 1.47. The van der Waals surface area contributed by atoms with Crippen LogP contribution in [0.2, 0.25) is 0 Å². The van der Waals surface area contributed by atoms with Crippen LogP contribution in [0, 0.1) is 46.3 Å². The first kappa shape index (κ1) is 24.7. The van der Waals surface area contributed by atoms with Gasteiger partial charge in [0.05, 0.1) is 6.10 Å². The van der Waals surface area contributed by atoms with E-state index in [9.17, 15) is 8.42 Å². The Hall–Kier alpha value is -0.390. The minimum absolute atomic E-state index is 0.171. The molecule has 0 radical (unpaired) electrons. The molecule has 5 heteroatoms. The molecular weight excluding hydrogens is 420 g/mol. The third-order valence-corrected chi connectivity index (χ3v) is 11.0. The molecule has 0 aromatic rings. The van der Waals surface area contributed by atoms with Crippen molar-refractivity contribution in [2.75, 3.05) is 0 Å². The van der Waals surface area contributed by atoms with E-state index in [1.165, 1.54) is 50.5 Å². The standard InChI is InChI=1S/C27H46O4S/c1-18(2)7-6-8-19(3)23-11-12-24-22-10-9-20-17-21(31-32(28,29)30)13-15-26(20,4)25(22)14-16-27(23,24)5/h9,18-19,21-25H,6-8,10-17H2,1-5H3,(H,28,29,30)/t19-,21-,22+,23?,24+,25+,26+,27-/m1/s1. The van der Waals surface area contributed by atoms with Gasteiger partial charge >= 0.3 is 10.4 Å². The van der Waals surface area contributed by atoms with Crippen molar-refractivity contribution in [1.82, 2.24) is 0 Å². The summed E-state index contributed by atoms with van der Waals surface area (Å²) in [7, 11) is -4.38. The van der Waals surface area contributed by atoms with Crippen LogP contribution in [0.4, 0.5) is 0 Å². The molecule has 184 valence electrons. The Kier molecular flexibility index (Phi) is 6.95. The molecule has 0 aliphatic heterocycles. The van der Waals surface area contributed by atoms with Gasteiger partial charge in [-0.2, -0.15) is 8.42 Å². The van der Waals surface area contributed by atoms with Crippen LogP contribution in [0.3, 0.4) is 0 Å². The van der Waals surface area contributed by atoms with Crippen LogP contribution >= 0.6 is 0 Å². The molecule has 0 aromatic carbocycles. The molecule has 4 aliphatic rings. The molecule has 32 heavy (non-hydrogen) atoms. The fourth-order valence-corrected chi connectivity index (χ4v) is 9.41. The minimum atomic E-state index is -4.38. The Morgan fingerprint density at radius 3 is 2.50 bits per heavy atom. The summed E-state index contributed by atoms with van der Waals surface area (Å²) in [5.74, 6) is 4.83. The summed E-state index contributed by atoms with van der Waals surface area (Å²) in [5.41, 5.74) is 2.05. The number of hydrogen-bond acceptors (Lipinski definition) is 3. The summed E-state index contributed by atoms with van der Waals surface area (Å²) >= 11 is 0. The Morgan fingerprint density at radius 2 is 1.81 bits per heavy atom. The summed E-state index contributed by atoms with van der Waals surface area (Å²) < 4.78 is 36.6. The third-order valence-electron chi connectivity index (χ3n) is 10.5. The number of allylic oxidation sites excluding steroid dienone is 1. The summed E-state index contributed by atoms with van der Waals surface area (Å²) in [6.45, 7) is 12.3. The predicted octanol–water partition coefficient (Wildman–Crippen LogP) is 7.22. The van der Waals surface area contributed by atoms with Crippen molar-refractivity contribution in [1.29, 1.82) is 0 Å². The van der Waals surface area contributed by atoms with Gasteiger partial charge in [-0.05, 0) is 97.7 Å². The van der Waals surface area contributed by atoms with Gasteiger partial charge in [0, 0.05) is 0 Å². The average Bonchev–Trinajstić information content (AvgIpc) is 3.04. The molecule has 0 spiro atoms. The quantitative estimate of drug-likeness (QED) is 0.318.